The van der Waals surface area contributed by atoms with Gasteiger partial charge in [0.1, 0.15) is 0 Å². The van der Waals surface area contributed by atoms with E-state index in [4.69, 9.17) is 5.11 Å². The second-order valence-electron chi connectivity index (χ2n) is 3.95. The fraction of sp³-hybridized carbons (Fsp3) is 0.500. The first kappa shape index (κ1) is 9.69. The van der Waals surface area contributed by atoms with Gasteiger partial charge in [-0.15, -0.1) is 0 Å². The van der Waals surface area contributed by atoms with Crippen LogP contribution >= 0.6 is 0 Å². The SMILES string of the molecule is C[C@H](c1ccccc1)N1CC[C@H]1CO. The maximum absolute atomic E-state index is 9.11. The molecule has 1 N–H and O–H groups in total. The summed E-state index contributed by atoms with van der Waals surface area (Å²) in [6.45, 7) is 3.61. The largest absolute Gasteiger partial charge is 0.395 e. The van der Waals surface area contributed by atoms with E-state index in [1.807, 2.05) is 6.07 Å². The van der Waals surface area contributed by atoms with Crippen LogP contribution in [0.2, 0.25) is 0 Å². The zero-order valence-electron chi connectivity index (χ0n) is 8.56. The van der Waals surface area contributed by atoms with Crippen LogP contribution in [0.3, 0.4) is 0 Å². The van der Waals surface area contributed by atoms with Crippen molar-refractivity contribution in [2.45, 2.75) is 25.4 Å². The molecule has 0 aromatic heterocycles. The van der Waals surface area contributed by atoms with Crippen LogP contribution in [0, 0.1) is 0 Å². The average Bonchev–Trinajstić information content (AvgIpc) is 2.18. The topological polar surface area (TPSA) is 23.5 Å². The monoisotopic (exact) mass is 191 g/mol. The molecule has 0 unspecified atom stereocenters. The number of hydrogen-bond acceptors (Lipinski definition) is 2. The zero-order chi connectivity index (χ0) is 9.97. The van der Waals surface area contributed by atoms with E-state index in [2.05, 4.69) is 36.1 Å². The van der Waals surface area contributed by atoms with Crippen molar-refractivity contribution in [3.63, 3.8) is 0 Å². The Morgan fingerprint density at radius 1 is 1.43 bits per heavy atom. The van der Waals surface area contributed by atoms with E-state index in [-0.39, 0.29) is 6.61 Å². The molecule has 1 fully saturated rings. The summed E-state index contributed by atoms with van der Waals surface area (Å²) in [5.41, 5.74) is 1.34. The fourth-order valence-corrected chi connectivity index (χ4v) is 2.09. The van der Waals surface area contributed by atoms with E-state index in [1.54, 1.807) is 0 Å². The quantitative estimate of drug-likeness (QED) is 0.787. The van der Waals surface area contributed by atoms with Crippen molar-refractivity contribution in [3.05, 3.63) is 35.9 Å². The Balaban J connectivity index is 2.05. The summed E-state index contributed by atoms with van der Waals surface area (Å²) in [6, 6.07) is 11.3. The molecule has 0 bridgehead atoms. The maximum atomic E-state index is 9.11. The third kappa shape index (κ3) is 1.68. The normalized spacial score (nSPS) is 24.3. The van der Waals surface area contributed by atoms with E-state index < -0.39 is 0 Å². The van der Waals surface area contributed by atoms with Crippen LogP contribution in [0.15, 0.2) is 30.3 Å². The van der Waals surface area contributed by atoms with Crippen LogP contribution in [0.1, 0.15) is 24.9 Å². The minimum absolute atomic E-state index is 0.289. The van der Waals surface area contributed by atoms with Gasteiger partial charge in [0, 0.05) is 18.6 Å². The van der Waals surface area contributed by atoms with Gasteiger partial charge in [0.15, 0.2) is 0 Å². The molecule has 2 nitrogen and oxygen atoms in total. The first-order chi connectivity index (χ1) is 6.83. The second-order valence-corrected chi connectivity index (χ2v) is 3.95. The van der Waals surface area contributed by atoms with Crippen molar-refractivity contribution in [2.24, 2.45) is 0 Å². The molecule has 0 aliphatic carbocycles. The molecule has 1 aliphatic rings. The van der Waals surface area contributed by atoms with Gasteiger partial charge >= 0.3 is 0 Å². The third-order valence-electron chi connectivity index (χ3n) is 3.18. The Morgan fingerprint density at radius 2 is 2.14 bits per heavy atom. The maximum Gasteiger partial charge on any atom is 0.0587 e. The van der Waals surface area contributed by atoms with E-state index >= 15 is 0 Å². The number of rotatable bonds is 3. The zero-order valence-corrected chi connectivity index (χ0v) is 8.56. The summed E-state index contributed by atoms with van der Waals surface area (Å²) >= 11 is 0. The van der Waals surface area contributed by atoms with Crippen molar-refractivity contribution in [2.75, 3.05) is 13.2 Å². The minimum atomic E-state index is 0.289. The lowest BCUT2D eigenvalue weighted by molar-refractivity contribution is 0.0104. The molecule has 76 valence electrons. The van der Waals surface area contributed by atoms with Crippen molar-refractivity contribution in [1.82, 2.24) is 4.90 Å². The highest BCUT2D eigenvalue weighted by molar-refractivity contribution is 5.19. The Labute approximate surface area is 85.2 Å². The predicted molar refractivity (Wildman–Crippen MR) is 57.1 cm³/mol. The lowest BCUT2D eigenvalue weighted by Gasteiger charge is -2.44. The van der Waals surface area contributed by atoms with Gasteiger partial charge in [0.2, 0.25) is 0 Å². The molecule has 1 aliphatic heterocycles. The minimum Gasteiger partial charge on any atom is -0.395 e. The number of aliphatic hydroxyl groups is 1. The molecule has 0 spiro atoms. The molecule has 1 aromatic carbocycles. The van der Waals surface area contributed by atoms with Gasteiger partial charge in [0.05, 0.1) is 6.61 Å². The second kappa shape index (κ2) is 4.11. The van der Waals surface area contributed by atoms with Gasteiger partial charge < -0.3 is 5.11 Å². The van der Waals surface area contributed by atoms with E-state index in [1.165, 1.54) is 5.56 Å². The van der Waals surface area contributed by atoms with Crippen molar-refractivity contribution in [1.29, 1.82) is 0 Å². The van der Waals surface area contributed by atoms with Crippen LogP contribution in [-0.4, -0.2) is 29.2 Å². The van der Waals surface area contributed by atoms with Crippen LogP contribution in [0.25, 0.3) is 0 Å². The number of hydrogen-bond donors (Lipinski definition) is 1. The third-order valence-corrected chi connectivity index (χ3v) is 3.18. The molecule has 0 amide bonds. The summed E-state index contributed by atoms with van der Waals surface area (Å²) in [5.74, 6) is 0. The summed E-state index contributed by atoms with van der Waals surface area (Å²) in [6.07, 6.45) is 1.13. The van der Waals surface area contributed by atoms with Crippen LogP contribution in [0.5, 0.6) is 0 Å². The van der Waals surface area contributed by atoms with Crippen LogP contribution < -0.4 is 0 Å². The lowest BCUT2D eigenvalue weighted by Crippen LogP contribution is -2.50. The van der Waals surface area contributed by atoms with Gasteiger partial charge in [-0.1, -0.05) is 30.3 Å². The smallest absolute Gasteiger partial charge is 0.0587 e. The number of nitrogens with zero attached hydrogens (tertiary/aromatic N) is 1. The molecule has 2 atom stereocenters. The first-order valence-corrected chi connectivity index (χ1v) is 5.24. The molecule has 1 heterocycles. The molecule has 0 radical (unpaired) electrons. The molecule has 14 heavy (non-hydrogen) atoms. The van der Waals surface area contributed by atoms with Crippen LogP contribution in [-0.2, 0) is 0 Å². The molecule has 2 rings (SSSR count). The molecular formula is C12H17NO. The highest BCUT2D eigenvalue weighted by Crippen LogP contribution is 2.29. The highest BCUT2D eigenvalue weighted by Gasteiger charge is 2.31. The summed E-state index contributed by atoms with van der Waals surface area (Å²) in [4.78, 5) is 2.36. The first-order valence-electron chi connectivity index (χ1n) is 5.24. The summed E-state index contributed by atoms with van der Waals surface area (Å²) in [7, 11) is 0. The molecule has 2 heteroatoms. The van der Waals surface area contributed by atoms with Gasteiger partial charge in [-0.2, -0.15) is 0 Å². The van der Waals surface area contributed by atoms with E-state index in [0.29, 0.717) is 12.1 Å². The molecule has 0 saturated carbocycles. The lowest BCUT2D eigenvalue weighted by atomic mass is 9.97. The Kier molecular flexibility index (Phi) is 2.85. The summed E-state index contributed by atoms with van der Waals surface area (Å²) in [5, 5.41) is 9.11. The Hall–Kier alpha value is -0.860. The number of aliphatic hydroxyl groups excluding tert-OH is 1. The van der Waals surface area contributed by atoms with Gasteiger partial charge in [-0.25, -0.2) is 0 Å². The van der Waals surface area contributed by atoms with Crippen molar-refractivity contribution >= 4 is 0 Å². The van der Waals surface area contributed by atoms with Gasteiger partial charge in [-0.05, 0) is 18.9 Å². The average molecular weight is 191 g/mol. The molecule has 1 aromatic rings. The molecule has 1 saturated heterocycles. The Morgan fingerprint density at radius 3 is 2.64 bits per heavy atom. The predicted octanol–water partition coefficient (Wildman–Crippen LogP) is 1.81. The van der Waals surface area contributed by atoms with E-state index in [9.17, 15) is 0 Å². The van der Waals surface area contributed by atoms with Gasteiger partial charge in [0.25, 0.3) is 0 Å². The van der Waals surface area contributed by atoms with Crippen molar-refractivity contribution in [3.8, 4) is 0 Å². The van der Waals surface area contributed by atoms with E-state index in [0.717, 1.165) is 13.0 Å². The highest BCUT2D eigenvalue weighted by atomic mass is 16.3. The van der Waals surface area contributed by atoms with Gasteiger partial charge in [-0.3, -0.25) is 4.90 Å². The standard InChI is InChI=1S/C12H17NO/c1-10(11-5-3-2-4-6-11)13-8-7-12(13)9-14/h2-6,10,12,14H,7-9H2,1H3/t10-,12+/m1/s1. The number of likely N-dealkylation sites (tertiary alicyclic amines) is 1. The van der Waals surface area contributed by atoms with Crippen molar-refractivity contribution < 1.29 is 5.11 Å². The van der Waals surface area contributed by atoms with Crippen LogP contribution in [0.4, 0.5) is 0 Å². The fourth-order valence-electron chi connectivity index (χ4n) is 2.09. The Bertz CT molecular complexity index is 284. The number of benzene rings is 1. The molecular weight excluding hydrogens is 174 g/mol. The summed E-state index contributed by atoms with van der Waals surface area (Å²) < 4.78 is 0.